The van der Waals surface area contributed by atoms with E-state index in [0.717, 1.165) is 23.3 Å². The van der Waals surface area contributed by atoms with E-state index in [4.69, 9.17) is 17.3 Å². The van der Waals surface area contributed by atoms with E-state index in [2.05, 4.69) is 39.0 Å². The van der Waals surface area contributed by atoms with Gasteiger partial charge in [-0.1, -0.05) is 38.4 Å². The first-order valence-corrected chi connectivity index (χ1v) is 10.1. The summed E-state index contributed by atoms with van der Waals surface area (Å²) in [6.45, 7) is 6.61. The molecule has 0 amide bonds. The van der Waals surface area contributed by atoms with Crippen molar-refractivity contribution in [2.24, 2.45) is 28.4 Å². The number of hydrogen-bond donors (Lipinski definition) is 1. The summed E-state index contributed by atoms with van der Waals surface area (Å²) in [5.41, 5.74) is 5.97. The number of nitrogens with two attached hydrogens (primary N) is 1. The summed E-state index contributed by atoms with van der Waals surface area (Å²) < 4.78 is 0.645. The highest BCUT2D eigenvalue weighted by Gasteiger charge is 2.53. The number of hydrogen-bond acceptors (Lipinski definition) is 5. The molecule has 4 nitrogen and oxygen atoms in total. The van der Waals surface area contributed by atoms with Crippen molar-refractivity contribution in [2.45, 2.75) is 39.5 Å². The van der Waals surface area contributed by atoms with Gasteiger partial charge in [0.05, 0.1) is 33.8 Å². The molecule has 2 N–H and O–H groups in total. The number of thiophene rings is 1. The van der Waals surface area contributed by atoms with Crippen LogP contribution < -0.4 is 5.73 Å². The molecule has 0 fully saturated rings. The van der Waals surface area contributed by atoms with Gasteiger partial charge in [-0.15, -0.1) is 11.3 Å². The van der Waals surface area contributed by atoms with Gasteiger partial charge in [0, 0.05) is 10.8 Å². The monoisotopic (exact) mass is 396 g/mol. The normalized spacial score (nSPS) is 27.0. The number of rotatable bonds is 1. The summed E-state index contributed by atoms with van der Waals surface area (Å²) in [7, 11) is 0. The zero-order chi connectivity index (χ0) is 20.0. The van der Waals surface area contributed by atoms with E-state index in [1.807, 2.05) is 18.2 Å². The zero-order valence-electron chi connectivity index (χ0n) is 15.6. The van der Waals surface area contributed by atoms with Gasteiger partial charge in [-0.3, -0.25) is 0 Å². The lowest BCUT2D eigenvalue weighted by molar-refractivity contribution is 0.181. The Morgan fingerprint density at radius 2 is 1.89 bits per heavy atom. The molecule has 1 aromatic rings. The van der Waals surface area contributed by atoms with Gasteiger partial charge in [0.15, 0.2) is 0 Å². The van der Waals surface area contributed by atoms with Crippen LogP contribution in [0.4, 0.5) is 0 Å². The molecule has 3 atom stereocenters. The summed E-state index contributed by atoms with van der Waals surface area (Å²) in [5.74, 6) is 0.0104. The Morgan fingerprint density at radius 3 is 2.37 bits per heavy atom. The van der Waals surface area contributed by atoms with Crippen LogP contribution in [0.2, 0.25) is 4.34 Å². The predicted octanol–water partition coefficient (Wildman–Crippen LogP) is 5.27. The molecule has 2 aliphatic carbocycles. The molecular formula is C21H21ClN4S. The fraction of sp³-hybridized carbons (Fsp3) is 0.476. The molecule has 0 bridgehead atoms. The summed E-state index contributed by atoms with van der Waals surface area (Å²) in [6.07, 6.45) is 3.63. The van der Waals surface area contributed by atoms with Crippen molar-refractivity contribution in [2.75, 3.05) is 0 Å². The van der Waals surface area contributed by atoms with E-state index in [1.54, 1.807) is 0 Å². The lowest BCUT2D eigenvalue weighted by Crippen LogP contribution is -2.42. The molecule has 0 aliphatic heterocycles. The minimum Gasteiger partial charge on any atom is -0.399 e. The van der Waals surface area contributed by atoms with Crippen LogP contribution in [0.5, 0.6) is 0 Å². The molecule has 0 saturated carbocycles. The Labute approximate surface area is 169 Å². The van der Waals surface area contributed by atoms with Crippen molar-refractivity contribution in [3.05, 3.63) is 44.3 Å². The number of nitrogens with zero attached hydrogens (tertiary/aromatic N) is 3. The van der Waals surface area contributed by atoms with Gasteiger partial charge >= 0.3 is 0 Å². The first-order valence-electron chi connectivity index (χ1n) is 8.88. The second-order valence-corrected chi connectivity index (χ2v) is 10.1. The van der Waals surface area contributed by atoms with E-state index in [9.17, 15) is 15.8 Å². The molecular weight excluding hydrogens is 376 g/mol. The van der Waals surface area contributed by atoms with Crippen molar-refractivity contribution in [3.8, 4) is 18.2 Å². The van der Waals surface area contributed by atoms with Gasteiger partial charge in [0.25, 0.3) is 0 Å². The van der Waals surface area contributed by atoms with Gasteiger partial charge < -0.3 is 5.73 Å². The van der Waals surface area contributed by atoms with E-state index < -0.39 is 5.41 Å². The molecule has 1 heterocycles. The Kier molecular flexibility index (Phi) is 4.85. The van der Waals surface area contributed by atoms with Crippen molar-refractivity contribution < 1.29 is 0 Å². The van der Waals surface area contributed by atoms with Crippen LogP contribution in [-0.2, 0) is 0 Å². The quantitative estimate of drug-likeness (QED) is 0.654. The third kappa shape index (κ3) is 2.94. The van der Waals surface area contributed by atoms with Crippen molar-refractivity contribution in [3.63, 3.8) is 0 Å². The highest BCUT2D eigenvalue weighted by molar-refractivity contribution is 7.16. The maximum Gasteiger partial charge on any atom is 0.204 e. The van der Waals surface area contributed by atoms with Crippen LogP contribution in [0.15, 0.2) is 35.1 Å². The van der Waals surface area contributed by atoms with Crippen molar-refractivity contribution >= 4 is 22.9 Å². The van der Waals surface area contributed by atoms with E-state index in [-0.39, 0.29) is 22.9 Å². The smallest absolute Gasteiger partial charge is 0.204 e. The average Bonchev–Trinajstić information content (AvgIpc) is 3.06. The Balaban J connectivity index is 2.27. The molecule has 2 aliphatic rings. The number of halogens is 1. The van der Waals surface area contributed by atoms with E-state index >= 15 is 0 Å². The largest absolute Gasteiger partial charge is 0.399 e. The summed E-state index contributed by atoms with van der Waals surface area (Å²) >= 11 is 7.59. The SMILES string of the molecule is CC(C)(C)[C@H]1CC=C2[C@@H](C1)[C@H](c1ccc(Cl)s1)C(C#N)=C(N)C2(C#N)C#N. The second-order valence-electron chi connectivity index (χ2n) is 8.33. The van der Waals surface area contributed by atoms with Gasteiger partial charge in [-0.05, 0) is 47.8 Å². The van der Waals surface area contributed by atoms with Crippen LogP contribution in [0.1, 0.15) is 44.4 Å². The van der Waals surface area contributed by atoms with Gasteiger partial charge in [0.2, 0.25) is 5.41 Å². The fourth-order valence-corrected chi connectivity index (χ4v) is 5.61. The Morgan fingerprint density at radius 1 is 1.22 bits per heavy atom. The zero-order valence-corrected chi connectivity index (χ0v) is 17.2. The van der Waals surface area contributed by atoms with Crippen LogP contribution in [0, 0.1) is 56.7 Å². The maximum atomic E-state index is 9.90. The minimum absolute atomic E-state index is 0.0706. The molecule has 0 aromatic carbocycles. The van der Waals surface area contributed by atoms with Crippen molar-refractivity contribution in [1.29, 1.82) is 15.8 Å². The number of allylic oxidation sites excluding steroid dienone is 3. The third-order valence-electron chi connectivity index (χ3n) is 5.98. The second kappa shape index (κ2) is 6.72. The fourth-order valence-electron chi connectivity index (χ4n) is 4.37. The molecule has 0 radical (unpaired) electrons. The maximum absolute atomic E-state index is 9.90. The molecule has 0 unspecified atom stereocenters. The predicted molar refractivity (Wildman–Crippen MR) is 106 cm³/mol. The molecule has 0 spiro atoms. The van der Waals surface area contributed by atoms with Crippen LogP contribution in [0.3, 0.4) is 0 Å². The topological polar surface area (TPSA) is 97.4 Å². The first-order chi connectivity index (χ1) is 12.7. The highest BCUT2D eigenvalue weighted by Crippen LogP contribution is 2.58. The van der Waals surface area contributed by atoms with Gasteiger partial charge in [-0.25, -0.2) is 0 Å². The lowest BCUT2D eigenvalue weighted by Gasteiger charge is -2.46. The number of fused-ring (bicyclic) bond motifs is 1. The summed E-state index contributed by atoms with van der Waals surface area (Å²) in [5, 5.41) is 29.7. The van der Waals surface area contributed by atoms with Gasteiger partial charge in [0.1, 0.15) is 0 Å². The Hall–Kier alpha value is -2.26. The summed E-state index contributed by atoms with van der Waals surface area (Å²) in [6, 6.07) is 10.2. The Bertz CT molecular complexity index is 944. The van der Waals surface area contributed by atoms with E-state index in [0.29, 0.717) is 15.8 Å². The van der Waals surface area contributed by atoms with Crippen LogP contribution in [-0.4, -0.2) is 0 Å². The summed E-state index contributed by atoms with van der Waals surface area (Å²) in [4.78, 5) is 0.953. The molecule has 6 heteroatoms. The van der Waals surface area contributed by atoms with Gasteiger partial charge in [-0.2, -0.15) is 15.8 Å². The molecule has 1 aromatic heterocycles. The lowest BCUT2D eigenvalue weighted by atomic mass is 9.56. The van der Waals surface area contributed by atoms with Crippen LogP contribution >= 0.6 is 22.9 Å². The molecule has 3 rings (SSSR count). The number of nitriles is 3. The van der Waals surface area contributed by atoms with Crippen molar-refractivity contribution in [1.82, 2.24) is 0 Å². The minimum atomic E-state index is -1.56. The van der Waals surface area contributed by atoms with E-state index in [1.165, 1.54) is 11.3 Å². The standard InChI is InChI=1S/C21H21ClN4S/c1-20(2,3)12-4-5-15-13(8-12)18(16-6-7-17(22)27-16)14(9-23)19(26)21(15,10-24)11-25/h5-7,12-13,18H,4,8,26H2,1-3H3/t12-,13+,18-/m0/s1. The third-order valence-corrected chi connectivity index (χ3v) is 7.30. The van der Waals surface area contributed by atoms with Crippen LogP contribution in [0.25, 0.3) is 0 Å². The molecule has 138 valence electrons. The molecule has 0 saturated heterocycles. The molecule has 27 heavy (non-hydrogen) atoms. The average molecular weight is 397 g/mol. The highest BCUT2D eigenvalue weighted by atomic mass is 35.5. The first kappa shape index (κ1) is 19.5.